The van der Waals surface area contributed by atoms with Crippen molar-refractivity contribution in [1.82, 2.24) is 5.43 Å². The minimum atomic E-state index is -0.177. The van der Waals surface area contributed by atoms with Gasteiger partial charge >= 0.3 is 0 Å². The van der Waals surface area contributed by atoms with Crippen molar-refractivity contribution in [2.45, 2.75) is 13.3 Å². The maximum Gasteiger partial charge on any atom is 0.230 e. The smallest absolute Gasteiger partial charge is 0.230 e. The molecule has 1 aromatic carbocycles. The summed E-state index contributed by atoms with van der Waals surface area (Å²) in [6.07, 6.45) is 0.151. The SMILES string of the molecule is C/C(CC(=O)Nc1ccc(Cl)cc1)=N/NC(N)=S. The molecular formula is C11H13ClN4OS. The Hall–Kier alpha value is -1.66. The fourth-order valence-corrected chi connectivity index (χ4v) is 1.33. The highest BCUT2D eigenvalue weighted by Gasteiger charge is 2.04. The Morgan fingerprint density at radius 1 is 1.44 bits per heavy atom. The van der Waals surface area contributed by atoms with Gasteiger partial charge in [0.15, 0.2) is 5.11 Å². The average molecular weight is 285 g/mol. The molecule has 4 N–H and O–H groups in total. The molecule has 0 saturated heterocycles. The monoisotopic (exact) mass is 284 g/mol. The summed E-state index contributed by atoms with van der Waals surface area (Å²) >= 11 is 10.3. The van der Waals surface area contributed by atoms with Crippen molar-refractivity contribution in [2.75, 3.05) is 5.32 Å². The quantitative estimate of drug-likeness (QED) is 0.448. The van der Waals surface area contributed by atoms with E-state index in [-0.39, 0.29) is 17.4 Å². The molecule has 0 fully saturated rings. The molecule has 1 amide bonds. The maximum absolute atomic E-state index is 11.6. The number of nitrogens with two attached hydrogens (primary N) is 1. The van der Waals surface area contributed by atoms with Gasteiger partial charge in [0.25, 0.3) is 0 Å². The largest absolute Gasteiger partial charge is 0.375 e. The lowest BCUT2D eigenvalue weighted by Gasteiger charge is -2.05. The second-order valence-corrected chi connectivity index (χ2v) is 4.43. The van der Waals surface area contributed by atoms with E-state index in [1.165, 1.54) is 0 Å². The first-order valence-corrected chi connectivity index (χ1v) is 5.90. The molecule has 0 unspecified atom stereocenters. The predicted molar refractivity (Wildman–Crippen MR) is 77.7 cm³/mol. The van der Waals surface area contributed by atoms with Crippen LogP contribution in [0.2, 0.25) is 5.02 Å². The molecule has 0 aliphatic rings. The highest BCUT2D eigenvalue weighted by Crippen LogP contribution is 2.13. The molecule has 1 aromatic rings. The molecule has 1 rings (SSSR count). The van der Waals surface area contributed by atoms with E-state index in [0.29, 0.717) is 16.4 Å². The van der Waals surface area contributed by atoms with Crippen LogP contribution in [0.3, 0.4) is 0 Å². The molecule has 96 valence electrons. The standard InChI is InChI=1S/C11H13ClN4OS/c1-7(15-16-11(13)18)6-10(17)14-9-4-2-8(12)3-5-9/h2-5H,6H2,1H3,(H,14,17)(H3,13,16,18)/b15-7-. The lowest BCUT2D eigenvalue weighted by molar-refractivity contribution is -0.115. The summed E-state index contributed by atoms with van der Waals surface area (Å²) in [4.78, 5) is 11.6. The topological polar surface area (TPSA) is 79.5 Å². The molecule has 5 nitrogen and oxygen atoms in total. The molecule has 0 bridgehead atoms. The van der Waals surface area contributed by atoms with Crippen molar-refractivity contribution in [2.24, 2.45) is 10.8 Å². The maximum atomic E-state index is 11.6. The van der Waals surface area contributed by atoms with Crippen LogP contribution in [0.5, 0.6) is 0 Å². The first kappa shape index (κ1) is 14.4. The van der Waals surface area contributed by atoms with Crippen LogP contribution in [0.1, 0.15) is 13.3 Å². The van der Waals surface area contributed by atoms with E-state index in [1.54, 1.807) is 31.2 Å². The Morgan fingerprint density at radius 2 is 2.06 bits per heavy atom. The Kier molecular flexibility index (Phi) is 5.54. The highest BCUT2D eigenvalue weighted by molar-refractivity contribution is 7.80. The van der Waals surface area contributed by atoms with E-state index in [2.05, 4.69) is 28.1 Å². The summed E-state index contributed by atoms with van der Waals surface area (Å²) in [7, 11) is 0. The fourth-order valence-electron chi connectivity index (χ4n) is 1.16. The molecule has 0 aromatic heterocycles. The van der Waals surface area contributed by atoms with Crippen LogP contribution in [0, 0.1) is 0 Å². The number of nitrogens with one attached hydrogen (secondary N) is 2. The number of hydrazone groups is 1. The van der Waals surface area contributed by atoms with Crippen molar-refractivity contribution >= 4 is 46.2 Å². The lowest BCUT2D eigenvalue weighted by atomic mass is 10.2. The summed E-state index contributed by atoms with van der Waals surface area (Å²) in [5, 5.41) is 7.23. The van der Waals surface area contributed by atoms with Crippen molar-refractivity contribution in [3.63, 3.8) is 0 Å². The van der Waals surface area contributed by atoms with Crippen LogP contribution in [0.15, 0.2) is 29.4 Å². The zero-order chi connectivity index (χ0) is 13.5. The molecule has 0 radical (unpaired) electrons. The molecule has 0 aliphatic heterocycles. The van der Waals surface area contributed by atoms with Gasteiger partial charge in [0.1, 0.15) is 0 Å². The molecule has 0 heterocycles. The lowest BCUT2D eigenvalue weighted by Crippen LogP contribution is -2.26. The van der Waals surface area contributed by atoms with E-state index in [4.69, 9.17) is 17.3 Å². The zero-order valence-electron chi connectivity index (χ0n) is 9.74. The average Bonchev–Trinajstić information content (AvgIpc) is 2.29. The number of halogens is 1. The van der Waals surface area contributed by atoms with Crippen LogP contribution >= 0.6 is 23.8 Å². The van der Waals surface area contributed by atoms with E-state index >= 15 is 0 Å². The summed E-state index contributed by atoms with van der Waals surface area (Å²) in [6, 6.07) is 6.85. The van der Waals surface area contributed by atoms with Gasteiger partial charge in [-0.3, -0.25) is 10.2 Å². The van der Waals surface area contributed by atoms with E-state index in [0.717, 1.165) is 0 Å². The first-order chi connectivity index (χ1) is 8.47. The number of benzene rings is 1. The van der Waals surface area contributed by atoms with Gasteiger partial charge in [-0.05, 0) is 43.4 Å². The van der Waals surface area contributed by atoms with Crippen LogP contribution in [0.25, 0.3) is 0 Å². The van der Waals surface area contributed by atoms with Gasteiger partial charge in [0.05, 0.1) is 6.42 Å². The number of anilines is 1. The molecule has 7 heteroatoms. The van der Waals surface area contributed by atoms with Crippen LogP contribution < -0.4 is 16.5 Å². The van der Waals surface area contributed by atoms with Gasteiger partial charge in [0.2, 0.25) is 5.91 Å². The third-order valence-electron chi connectivity index (χ3n) is 1.90. The summed E-state index contributed by atoms with van der Waals surface area (Å²) in [5.74, 6) is -0.177. The Bertz CT molecular complexity index is 472. The third kappa shape index (κ3) is 5.60. The minimum absolute atomic E-state index is 0.0625. The minimum Gasteiger partial charge on any atom is -0.375 e. The number of hydrogen-bond donors (Lipinski definition) is 3. The summed E-state index contributed by atoms with van der Waals surface area (Å²) < 4.78 is 0. The number of amides is 1. The molecule has 0 saturated carbocycles. The second-order valence-electron chi connectivity index (χ2n) is 3.55. The number of nitrogens with zero attached hydrogens (tertiary/aromatic N) is 1. The summed E-state index contributed by atoms with van der Waals surface area (Å²) in [6.45, 7) is 1.70. The first-order valence-electron chi connectivity index (χ1n) is 5.11. The van der Waals surface area contributed by atoms with Gasteiger partial charge in [-0.25, -0.2) is 0 Å². The van der Waals surface area contributed by atoms with Gasteiger partial charge in [-0.15, -0.1) is 0 Å². The summed E-state index contributed by atoms with van der Waals surface area (Å²) in [5.41, 5.74) is 8.89. The predicted octanol–water partition coefficient (Wildman–Crippen LogP) is 1.88. The second kappa shape index (κ2) is 6.93. The van der Waals surface area contributed by atoms with Crippen LogP contribution in [-0.4, -0.2) is 16.7 Å². The third-order valence-corrected chi connectivity index (χ3v) is 2.24. The van der Waals surface area contributed by atoms with Crippen molar-refractivity contribution in [1.29, 1.82) is 0 Å². The van der Waals surface area contributed by atoms with Gasteiger partial charge < -0.3 is 11.1 Å². The molecule has 0 aliphatic carbocycles. The number of thiocarbonyl (C=S) groups is 1. The molecular weight excluding hydrogens is 272 g/mol. The van der Waals surface area contributed by atoms with Crippen molar-refractivity contribution < 1.29 is 4.79 Å². The fraction of sp³-hybridized carbons (Fsp3) is 0.182. The number of carbonyl (C=O) groups is 1. The number of hydrogen-bond acceptors (Lipinski definition) is 3. The number of rotatable bonds is 4. The molecule has 0 spiro atoms. The van der Waals surface area contributed by atoms with E-state index in [1.807, 2.05) is 0 Å². The van der Waals surface area contributed by atoms with Crippen molar-refractivity contribution in [3.05, 3.63) is 29.3 Å². The van der Waals surface area contributed by atoms with Crippen LogP contribution in [-0.2, 0) is 4.79 Å². The number of carbonyl (C=O) groups excluding carboxylic acids is 1. The van der Waals surface area contributed by atoms with E-state index < -0.39 is 0 Å². The Balaban J connectivity index is 2.49. The highest BCUT2D eigenvalue weighted by atomic mass is 35.5. The Morgan fingerprint density at radius 3 is 2.61 bits per heavy atom. The van der Waals surface area contributed by atoms with Crippen molar-refractivity contribution in [3.8, 4) is 0 Å². The normalized spacial score (nSPS) is 10.9. The van der Waals surface area contributed by atoms with Crippen LogP contribution in [0.4, 0.5) is 5.69 Å². The zero-order valence-corrected chi connectivity index (χ0v) is 11.3. The Labute approximate surface area is 115 Å². The van der Waals surface area contributed by atoms with Gasteiger partial charge in [-0.2, -0.15) is 5.10 Å². The molecule has 18 heavy (non-hydrogen) atoms. The molecule has 0 atom stereocenters. The van der Waals surface area contributed by atoms with Gasteiger partial charge in [-0.1, -0.05) is 11.6 Å². The van der Waals surface area contributed by atoms with E-state index in [9.17, 15) is 4.79 Å². The van der Waals surface area contributed by atoms with Gasteiger partial charge in [0, 0.05) is 16.4 Å².